The van der Waals surface area contributed by atoms with Crippen LogP contribution < -0.4 is 4.90 Å². The molecule has 0 unspecified atom stereocenters. The van der Waals surface area contributed by atoms with E-state index < -0.39 is 11.7 Å². The van der Waals surface area contributed by atoms with Crippen LogP contribution in [-0.2, 0) is 17.5 Å². The van der Waals surface area contributed by atoms with E-state index in [4.69, 9.17) is 11.6 Å². The molecule has 11 heteroatoms. The van der Waals surface area contributed by atoms with E-state index >= 15 is 0 Å². The van der Waals surface area contributed by atoms with Gasteiger partial charge in [-0.25, -0.2) is 4.79 Å². The number of rotatable bonds is 4. The fourth-order valence-corrected chi connectivity index (χ4v) is 5.26. The first-order chi connectivity index (χ1) is 15.9. The maximum Gasteiger partial charge on any atom is 0.416 e. The van der Waals surface area contributed by atoms with Crippen molar-refractivity contribution in [3.8, 4) is 0 Å². The van der Waals surface area contributed by atoms with Crippen molar-refractivity contribution in [2.45, 2.75) is 38.5 Å². The average Bonchev–Trinajstić information content (AvgIpc) is 3.46. The molecule has 0 bridgehead atoms. The van der Waals surface area contributed by atoms with Gasteiger partial charge in [-0.15, -0.1) is 0 Å². The molecule has 2 heterocycles. The Labute approximate surface area is 201 Å². The predicted octanol–water partition coefficient (Wildman–Crippen LogP) is 4.35. The average molecular weight is 498 g/mol. The lowest BCUT2D eigenvalue weighted by atomic mass is 10.0. The molecular weight excluding hydrogens is 471 g/mol. The molecule has 2 amide bonds. The van der Waals surface area contributed by atoms with Crippen molar-refractivity contribution >= 4 is 29.2 Å². The first-order valence-corrected chi connectivity index (χ1v) is 11.5. The lowest BCUT2D eigenvalue weighted by Gasteiger charge is -2.27. The lowest BCUT2D eigenvalue weighted by Crippen LogP contribution is -2.36. The van der Waals surface area contributed by atoms with Gasteiger partial charge in [0.15, 0.2) is 0 Å². The van der Waals surface area contributed by atoms with E-state index in [1.807, 2.05) is 11.9 Å². The van der Waals surface area contributed by atoms with Crippen molar-refractivity contribution in [1.82, 2.24) is 19.6 Å². The number of halogens is 4. The number of hydrogen-bond acceptors (Lipinski definition) is 4. The van der Waals surface area contributed by atoms with Crippen molar-refractivity contribution in [3.63, 3.8) is 0 Å². The topological polar surface area (TPSA) is 61.7 Å². The van der Waals surface area contributed by atoms with Crippen LogP contribution in [0.2, 0.25) is 5.02 Å². The molecule has 1 aromatic heterocycles. The molecule has 1 aliphatic heterocycles. The van der Waals surface area contributed by atoms with Crippen molar-refractivity contribution in [2.75, 3.05) is 32.1 Å². The first kappa shape index (κ1) is 24.5. The molecular formula is C23H27ClF3N5O2. The number of amides is 2. The van der Waals surface area contributed by atoms with E-state index in [1.54, 1.807) is 11.9 Å². The van der Waals surface area contributed by atoms with Gasteiger partial charge in [-0.05, 0) is 55.5 Å². The quantitative estimate of drug-likeness (QED) is 0.630. The number of carbonyl (C=O) groups excluding carboxylic acids is 2. The number of anilines is 1. The Morgan fingerprint density at radius 1 is 1.18 bits per heavy atom. The number of aromatic nitrogens is 2. The van der Waals surface area contributed by atoms with Crippen LogP contribution in [0.5, 0.6) is 0 Å². The van der Waals surface area contributed by atoms with E-state index in [1.165, 1.54) is 41.0 Å². The molecule has 184 valence electrons. The van der Waals surface area contributed by atoms with Crippen LogP contribution in [0.25, 0.3) is 0 Å². The Bertz CT molecular complexity index is 1070. The van der Waals surface area contributed by atoms with Gasteiger partial charge in [-0.3, -0.25) is 9.69 Å². The Morgan fingerprint density at radius 2 is 1.82 bits per heavy atom. The van der Waals surface area contributed by atoms with Gasteiger partial charge in [0.25, 0.3) is 0 Å². The van der Waals surface area contributed by atoms with Crippen LogP contribution in [0, 0.1) is 11.8 Å². The van der Waals surface area contributed by atoms with Crippen LogP contribution >= 0.6 is 11.6 Å². The summed E-state index contributed by atoms with van der Waals surface area (Å²) in [5.74, 6) is 0.415. The van der Waals surface area contributed by atoms with Gasteiger partial charge >= 0.3 is 12.2 Å². The summed E-state index contributed by atoms with van der Waals surface area (Å²) in [4.78, 5) is 29.6. The Morgan fingerprint density at radius 3 is 2.41 bits per heavy atom. The Kier molecular flexibility index (Phi) is 6.65. The molecule has 1 aromatic carbocycles. The summed E-state index contributed by atoms with van der Waals surface area (Å²) in [5.41, 5.74) is 0.0512. The van der Waals surface area contributed by atoms with Gasteiger partial charge in [-0.1, -0.05) is 11.6 Å². The van der Waals surface area contributed by atoms with Gasteiger partial charge in [-0.2, -0.15) is 23.0 Å². The molecule has 34 heavy (non-hydrogen) atoms. The number of nitrogens with zero attached hydrogens (tertiary/aromatic N) is 5. The number of carbonyl (C=O) groups is 2. The molecule has 2 fully saturated rings. The third kappa shape index (κ3) is 4.93. The van der Waals surface area contributed by atoms with Gasteiger partial charge < -0.3 is 9.80 Å². The van der Waals surface area contributed by atoms with Gasteiger partial charge in [0, 0.05) is 44.7 Å². The van der Waals surface area contributed by atoms with E-state index in [9.17, 15) is 22.8 Å². The zero-order valence-electron chi connectivity index (χ0n) is 19.2. The van der Waals surface area contributed by atoms with E-state index in [-0.39, 0.29) is 46.9 Å². The van der Waals surface area contributed by atoms with Crippen LogP contribution in [0.4, 0.5) is 23.7 Å². The zero-order valence-corrected chi connectivity index (χ0v) is 20.0. The van der Waals surface area contributed by atoms with Crippen LogP contribution in [0.3, 0.4) is 0 Å². The number of likely N-dealkylation sites (tertiary alicyclic amines) is 1. The highest BCUT2D eigenvalue weighted by Crippen LogP contribution is 2.41. The summed E-state index contributed by atoms with van der Waals surface area (Å²) in [6, 6.07) is 3.58. The SMILES string of the molecule is CC(=O)N(C)c1cnn(C(=O)N2C[C@H]3C[C@H](N(C)Cc4cc(Cl)ccc4C(F)(F)F)C[C@H]3C2)c1. The summed E-state index contributed by atoms with van der Waals surface area (Å²) >= 11 is 5.97. The summed E-state index contributed by atoms with van der Waals surface area (Å²) < 4.78 is 41.5. The summed E-state index contributed by atoms with van der Waals surface area (Å²) in [6.45, 7) is 2.75. The van der Waals surface area contributed by atoms with Gasteiger partial charge in [0.2, 0.25) is 5.91 Å². The second-order valence-corrected chi connectivity index (χ2v) is 9.70. The highest BCUT2D eigenvalue weighted by Gasteiger charge is 2.44. The minimum Gasteiger partial charge on any atom is -0.322 e. The molecule has 0 N–H and O–H groups in total. The van der Waals surface area contributed by atoms with Crippen LogP contribution in [-0.4, -0.2) is 64.7 Å². The third-order valence-corrected chi connectivity index (χ3v) is 7.27. The molecule has 1 saturated heterocycles. The third-order valence-electron chi connectivity index (χ3n) is 7.04. The monoisotopic (exact) mass is 497 g/mol. The number of hydrogen-bond donors (Lipinski definition) is 0. The molecule has 1 saturated carbocycles. The summed E-state index contributed by atoms with van der Waals surface area (Å²) in [7, 11) is 3.46. The standard InChI is InChI=1S/C23H27ClF3N5O2/c1-14(33)30(3)20-9-28-32(13-20)22(34)31-11-15-7-19(8-16(15)12-31)29(2)10-17-6-18(24)4-5-21(17)23(25,26)27/h4-6,9,13,15-16,19H,7-8,10-12H2,1-3H3/t15-,16+,19+. The van der Waals surface area contributed by atoms with E-state index in [0.717, 1.165) is 18.9 Å². The summed E-state index contributed by atoms with van der Waals surface area (Å²) in [5, 5.41) is 4.39. The predicted molar refractivity (Wildman–Crippen MR) is 122 cm³/mol. The zero-order chi connectivity index (χ0) is 24.8. The molecule has 1 aliphatic carbocycles. The molecule has 2 aromatic rings. The second kappa shape index (κ2) is 9.22. The van der Waals surface area contributed by atoms with Crippen molar-refractivity contribution < 1.29 is 22.8 Å². The second-order valence-electron chi connectivity index (χ2n) is 9.27. The maximum absolute atomic E-state index is 13.4. The maximum atomic E-state index is 13.4. The molecule has 2 aliphatic rings. The van der Waals surface area contributed by atoms with Gasteiger partial charge in [0.1, 0.15) is 0 Å². The molecule has 0 spiro atoms. The summed E-state index contributed by atoms with van der Waals surface area (Å²) in [6.07, 6.45) is 0.206. The fourth-order valence-electron chi connectivity index (χ4n) is 5.07. The van der Waals surface area contributed by atoms with Crippen molar-refractivity contribution in [2.24, 2.45) is 11.8 Å². The van der Waals surface area contributed by atoms with Crippen LogP contribution in [0.1, 0.15) is 30.9 Å². The molecule has 3 atom stereocenters. The van der Waals surface area contributed by atoms with Crippen molar-refractivity contribution in [3.05, 3.63) is 46.7 Å². The van der Waals surface area contributed by atoms with E-state index in [2.05, 4.69) is 5.10 Å². The van der Waals surface area contributed by atoms with E-state index in [0.29, 0.717) is 18.8 Å². The lowest BCUT2D eigenvalue weighted by molar-refractivity contribution is -0.138. The molecule has 4 rings (SSSR count). The van der Waals surface area contributed by atoms with Gasteiger partial charge in [0.05, 0.1) is 23.6 Å². The molecule has 0 radical (unpaired) electrons. The smallest absolute Gasteiger partial charge is 0.322 e. The van der Waals surface area contributed by atoms with Crippen molar-refractivity contribution in [1.29, 1.82) is 0 Å². The fraction of sp³-hybridized carbons (Fsp3) is 0.522. The highest BCUT2D eigenvalue weighted by atomic mass is 35.5. The normalized spacial score (nSPS) is 22.4. The number of alkyl halides is 3. The Hall–Kier alpha value is -2.59. The number of fused-ring (bicyclic) bond motifs is 1. The first-order valence-electron chi connectivity index (χ1n) is 11.1. The minimum absolute atomic E-state index is 0.132. The minimum atomic E-state index is -4.43. The Balaban J connectivity index is 1.37. The van der Waals surface area contributed by atoms with Crippen LogP contribution in [0.15, 0.2) is 30.6 Å². The highest BCUT2D eigenvalue weighted by molar-refractivity contribution is 6.30. The molecule has 7 nitrogen and oxygen atoms in total. The number of benzene rings is 1. The largest absolute Gasteiger partial charge is 0.416 e.